The van der Waals surface area contributed by atoms with Gasteiger partial charge < -0.3 is 60.5 Å². The monoisotopic (exact) mass is 428 g/mol. The van der Waals surface area contributed by atoms with Crippen molar-refractivity contribution in [3.8, 4) is 0 Å². The van der Waals surface area contributed by atoms with E-state index in [9.17, 15) is 50.4 Å². The summed E-state index contributed by atoms with van der Waals surface area (Å²) >= 11 is 0. The molecule has 29 heavy (non-hydrogen) atoms. The standard InChI is InChI=1S/C15H24O14/c16-2-14(26)12(24)8(22)6(20)10(28-14)4(18)1-5(19)11-7(21)9(23)13(25)15(27,3-17)29-11/h6-13,16-17,20-27H,1-3H2/t6-,7-,8+,9+,10?,11?,12-,13-,14-,15-/m0/s1. The minimum atomic E-state index is -2.82. The Morgan fingerprint density at radius 1 is 0.655 bits per heavy atom. The van der Waals surface area contributed by atoms with Gasteiger partial charge in [0.15, 0.2) is 11.6 Å². The first-order valence-electron chi connectivity index (χ1n) is 8.49. The first-order valence-corrected chi connectivity index (χ1v) is 8.49. The van der Waals surface area contributed by atoms with Gasteiger partial charge in [0, 0.05) is 0 Å². The van der Waals surface area contributed by atoms with E-state index < -0.39 is 91.6 Å². The molecule has 0 aliphatic carbocycles. The minimum absolute atomic E-state index is 1.18. The van der Waals surface area contributed by atoms with Crippen molar-refractivity contribution in [1.82, 2.24) is 0 Å². The van der Waals surface area contributed by atoms with Crippen molar-refractivity contribution < 1.29 is 70.1 Å². The van der Waals surface area contributed by atoms with Crippen LogP contribution in [0.4, 0.5) is 0 Å². The molecule has 14 heteroatoms. The molecule has 2 saturated heterocycles. The summed E-state index contributed by atoms with van der Waals surface area (Å²) in [6, 6.07) is 0. The number of hydrogen-bond donors (Lipinski definition) is 10. The molecule has 0 spiro atoms. The molecule has 0 aromatic carbocycles. The Kier molecular flexibility index (Phi) is 7.11. The number of rotatable bonds is 6. The molecule has 0 saturated carbocycles. The zero-order valence-corrected chi connectivity index (χ0v) is 14.8. The lowest BCUT2D eigenvalue weighted by Crippen LogP contribution is -2.68. The average molecular weight is 428 g/mol. The highest BCUT2D eigenvalue weighted by molar-refractivity contribution is 6.03. The van der Waals surface area contributed by atoms with Gasteiger partial charge in [0.25, 0.3) is 0 Å². The lowest BCUT2D eigenvalue weighted by Gasteiger charge is -2.45. The summed E-state index contributed by atoms with van der Waals surface area (Å²) in [6.07, 6.45) is -18.2. The summed E-state index contributed by atoms with van der Waals surface area (Å²) in [5.74, 6) is -8.19. The Balaban J connectivity index is 2.16. The summed E-state index contributed by atoms with van der Waals surface area (Å²) in [5.41, 5.74) is 0. The van der Waals surface area contributed by atoms with Crippen LogP contribution in [0.5, 0.6) is 0 Å². The molecule has 14 nitrogen and oxygen atoms in total. The Hall–Kier alpha value is -1.14. The van der Waals surface area contributed by atoms with Crippen molar-refractivity contribution in [1.29, 1.82) is 0 Å². The zero-order valence-electron chi connectivity index (χ0n) is 14.8. The number of aliphatic hydroxyl groups excluding tert-OH is 8. The predicted octanol–water partition coefficient (Wildman–Crippen LogP) is -7.16. The first kappa shape index (κ1) is 24.1. The van der Waals surface area contributed by atoms with E-state index in [1.165, 1.54) is 0 Å². The molecule has 2 aliphatic rings. The second kappa shape index (κ2) is 8.54. The third-order valence-corrected chi connectivity index (χ3v) is 4.99. The van der Waals surface area contributed by atoms with Crippen LogP contribution in [-0.4, -0.2) is 136 Å². The number of ketones is 2. The van der Waals surface area contributed by atoms with Gasteiger partial charge >= 0.3 is 0 Å². The Bertz CT molecular complexity index is 576. The maximum Gasteiger partial charge on any atom is 0.219 e. The van der Waals surface area contributed by atoms with Crippen LogP contribution in [0.3, 0.4) is 0 Å². The molecule has 10 N–H and O–H groups in total. The van der Waals surface area contributed by atoms with E-state index in [4.69, 9.17) is 19.7 Å². The molecule has 2 aliphatic heterocycles. The number of Topliss-reactive ketones (excluding diaryl/α,β-unsaturated/α-hetero) is 2. The third-order valence-electron chi connectivity index (χ3n) is 4.99. The number of carbonyl (C=O) groups is 2. The summed E-state index contributed by atoms with van der Waals surface area (Å²) < 4.78 is 9.51. The summed E-state index contributed by atoms with van der Waals surface area (Å²) in [5, 5.41) is 96.7. The highest BCUT2D eigenvalue weighted by atomic mass is 16.7. The van der Waals surface area contributed by atoms with Gasteiger partial charge in [-0.15, -0.1) is 0 Å². The van der Waals surface area contributed by atoms with E-state index in [1.54, 1.807) is 0 Å². The van der Waals surface area contributed by atoms with Crippen molar-refractivity contribution in [2.75, 3.05) is 13.2 Å². The average Bonchev–Trinajstić information content (AvgIpc) is 2.70. The maximum absolute atomic E-state index is 12.3. The summed E-state index contributed by atoms with van der Waals surface area (Å²) in [7, 11) is 0. The quantitative estimate of drug-likeness (QED) is 0.176. The van der Waals surface area contributed by atoms with Gasteiger partial charge in [0.1, 0.15) is 48.8 Å². The first-order chi connectivity index (χ1) is 13.3. The lowest BCUT2D eigenvalue weighted by atomic mass is 9.87. The molecule has 2 heterocycles. The van der Waals surface area contributed by atoms with Gasteiger partial charge in [-0.25, -0.2) is 0 Å². The molecule has 168 valence electrons. The molecular formula is C15H24O14. The normalized spacial score (nSPS) is 48.3. The Labute approximate surface area is 162 Å². The maximum atomic E-state index is 12.3. The van der Waals surface area contributed by atoms with E-state index >= 15 is 0 Å². The second-order valence-electron chi connectivity index (χ2n) is 7.04. The fourth-order valence-corrected chi connectivity index (χ4v) is 3.13. The van der Waals surface area contributed by atoms with Gasteiger partial charge in [-0.05, 0) is 0 Å². The predicted molar refractivity (Wildman–Crippen MR) is 84.5 cm³/mol. The van der Waals surface area contributed by atoms with Crippen molar-refractivity contribution in [3.63, 3.8) is 0 Å². The van der Waals surface area contributed by atoms with E-state index in [0.717, 1.165) is 0 Å². The highest BCUT2D eigenvalue weighted by Crippen LogP contribution is 2.31. The van der Waals surface area contributed by atoms with Crippen molar-refractivity contribution in [3.05, 3.63) is 0 Å². The van der Waals surface area contributed by atoms with Gasteiger partial charge in [0.05, 0.1) is 19.6 Å². The molecule has 0 aromatic heterocycles. The number of ether oxygens (including phenoxy) is 2. The molecule has 10 atom stereocenters. The SMILES string of the molecule is O=C(CC(=O)C1O[C@@](O)(CO)[C@@H](O)[C@H](O)[C@@H]1O)C1O[C@@](O)(CO)[C@@H](O)[C@H](O)[C@@H]1O. The number of carbonyl (C=O) groups excluding carboxylic acids is 2. The van der Waals surface area contributed by atoms with Crippen LogP contribution in [0.2, 0.25) is 0 Å². The molecule has 0 radical (unpaired) electrons. The van der Waals surface area contributed by atoms with Crippen molar-refractivity contribution in [2.24, 2.45) is 0 Å². The van der Waals surface area contributed by atoms with Gasteiger partial charge in [-0.2, -0.15) is 0 Å². The topological polar surface area (TPSA) is 255 Å². The van der Waals surface area contributed by atoms with Crippen LogP contribution >= 0.6 is 0 Å². The van der Waals surface area contributed by atoms with Crippen LogP contribution < -0.4 is 0 Å². The molecule has 2 rings (SSSR count). The molecule has 0 bridgehead atoms. The van der Waals surface area contributed by atoms with E-state index in [2.05, 4.69) is 0 Å². The van der Waals surface area contributed by atoms with Crippen LogP contribution in [0.15, 0.2) is 0 Å². The summed E-state index contributed by atoms with van der Waals surface area (Å²) in [6.45, 7) is -2.54. The zero-order chi connectivity index (χ0) is 22.3. The summed E-state index contributed by atoms with van der Waals surface area (Å²) in [4.78, 5) is 24.7. The second-order valence-corrected chi connectivity index (χ2v) is 7.04. The molecule has 0 aromatic rings. The fraction of sp³-hybridized carbons (Fsp3) is 0.867. The smallest absolute Gasteiger partial charge is 0.219 e. The molecule has 2 unspecified atom stereocenters. The lowest BCUT2D eigenvalue weighted by molar-refractivity contribution is -0.349. The highest BCUT2D eigenvalue weighted by Gasteiger charge is 2.57. The number of hydrogen-bond acceptors (Lipinski definition) is 14. The minimum Gasteiger partial charge on any atom is -0.391 e. The molecule has 2 fully saturated rings. The van der Waals surface area contributed by atoms with E-state index in [0.29, 0.717) is 0 Å². The molecule has 0 amide bonds. The van der Waals surface area contributed by atoms with Gasteiger partial charge in [-0.1, -0.05) is 0 Å². The largest absolute Gasteiger partial charge is 0.391 e. The Morgan fingerprint density at radius 2 is 0.966 bits per heavy atom. The molecular weight excluding hydrogens is 404 g/mol. The van der Waals surface area contributed by atoms with Crippen LogP contribution in [0, 0.1) is 0 Å². The van der Waals surface area contributed by atoms with E-state index in [1.807, 2.05) is 0 Å². The van der Waals surface area contributed by atoms with E-state index in [-0.39, 0.29) is 0 Å². The van der Waals surface area contributed by atoms with Crippen molar-refractivity contribution >= 4 is 11.6 Å². The Morgan fingerprint density at radius 3 is 1.24 bits per heavy atom. The number of aliphatic hydroxyl groups is 10. The van der Waals surface area contributed by atoms with Crippen LogP contribution in [-0.2, 0) is 19.1 Å². The van der Waals surface area contributed by atoms with Crippen molar-refractivity contribution in [2.45, 2.75) is 66.8 Å². The van der Waals surface area contributed by atoms with Crippen LogP contribution in [0.1, 0.15) is 6.42 Å². The van der Waals surface area contributed by atoms with Gasteiger partial charge in [-0.3, -0.25) is 9.59 Å². The third kappa shape index (κ3) is 4.20. The fourth-order valence-electron chi connectivity index (χ4n) is 3.13. The van der Waals surface area contributed by atoms with Crippen LogP contribution in [0.25, 0.3) is 0 Å². The van der Waals surface area contributed by atoms with Gasteiger partial charge in [0.2, 0.25) is 11.6 Å².